The molecule has 1 N–H and O–H groups in total. The van der Waals surface area contributed by atoms with Crippen LogP contribution in [0.3, 0.4) is 0 Å². The van der Waals surface area contributed by atoms with Crippen molar-refractivity contribution in [1.29, 1.82) is 0 Å². The summed E-state index contributed by atoms with van der Waals surface area (Å²) in [5, 5.41) is 9.84. The second-order valence-corrected chi connectivity index (χ2v) is 5.24. The van der Waals surface area contributed by atoms with E-state index in [4.69, 9.17) is 23.2 Å². The van der Waals surface area contributed by atoms with E-state index in [1.165, 1.54) is 11.0 Å². The molecule has 1 unspecified atom stereocenters. The maximum Gasteiger partial charge on any atom is 0.257 e. The van der Waals surface area contributed by atoms with Crippen molar-refractivity contribution in [3.05, 3.63) is 21.9 Å². The van der Waals surface area contributed by atoms with E-state index in [1.807, 2.05) is 0 Å². The molecule has 8 heteroatoms. The van der Waals surface area contributed by atoms with Crippen LogP contribution in [0.15, 0.2) is 6.07 Å². The first-order valence-electron chi connectivity index (χ1n) is 6.26. The van der Waals surface area contributed by atoms with E-state index in [1.54, 1.807) is 7.05 Å². The van der Waals surface area contributed by atoms with E-state index in [0.717, 1.165) is 12.8 Å². The first-order chi connectivity index (χ1) is 9.54. The van der Waals surface area contributed by atoms with Gasteiger partial charge >= 0.3 is 0 Å². The number of hydrogen-bond acceptors (Lipinski definition) is 4. The molecule has 1 aromatic rings. The Morgan fingerprint density at radius 3 is 2.80 bits per heavy atom. The van der Waals surface area contributed by atoms with Crippen molar-refractivity contribution in [3.63, 3.8) is 0 Å². The first-order valence-corrected chi connectivity index (χ1v) is 7.01. The smallest absolute Gasteiger partial charge is 0.257 e. The minimum Gasteiger partial charge on any atom is -0.357 e. The van der Waals surface area contributed by atoms with Crippen LogP contribution in [0, 0.1) is 0 Å². The lowest BCUT2D eigenvalue weighted by atomic mass is 10.0. The Hall–Kier alpha value is -1.40. The van der Waals surface area contributed by atoms with E-state index in [9.17, 15) is 9.59 Å². The number of hydrogen-bond donors (Lipinski definition) is 1. The molecule has 2 rings (SSSR count). The lowest BCUT2D eigenvalue weighted by Gasteiger charge is -2.34. The molecule has 1 aliphatic heterocycles. The van der Waals surface area contributed by atoms with Gasteiger partial charge in [-0.1, -0.05) is 23.2 Å². The summed E-state index contributed by atoms with van der Waals surface area (Å²) in [5.74, 6) is -0.526. The second kappa shape index (κ2) is 6.37. The molecule has 1 saturated heterocycles. The van der Waals surface area contributed by atoms with Crippen molar-refractivity contribution in [3.8, 4) is 0 Å². The third-order valence-corrected chi connectivity index (χ3v) is 3.73. The fourth-order valence-corrected chi connectivity index (χ4v) is 2.59. The highest BCUT2D eigenvalue weighted by Crippen LogP contribution is 2.23. The average Bonchev–Trinajstić information content (AvgIpc) is 2.48. The standard InChI is InChI=1S/C12H14Cl2N4O2/c1-15-11(19)8-4-2-3-5-18(8)12(20)7-6-9(13)16-17-10(7)14/h6,8H,2-5H2,1H3,(H,15,19). The van der Waals surface area contributed by atoms with Gasteiger partial charge in [0.25, 0.3) is 5.91 Å². The normalized spacial score (nSPS) is 18.8. The molecular formula is C12H14Cl2N4O2. The van der Waals surface area contributed by atoms with Gasteiger partial charge < -0.3 is 10.2 Å². The topological polar surface area (TPSA) is 75.2 Å². The molecule has 0 spiro atoms. The predicted octanol–water partition coefficient (Wildman–Crippen LogP) is 1.52. The molecule has 108 valence electrons. The van der Waals surface area contributed by atoms with Gasteiger partial charge in [0.05, 0.1) is 5.56 Å². The van der Waals surface area contributed by atoms with Gasteiger partial charge in [0, 0.05) is 13.6 Å². The van der Waals surface area contributed by atoms with Crippen LogP contribution >= 0.6 is 23.2 Å². The van der Waals surface area contributed by atoms with Crippen LogP contribution in [-0.4, -0.2) is 46.5 Å². The predicted molar refractivity (Wildman–Crippen MR) is 74.8 cm³/mol. The minimum absolute atomic E-state index is 0.0133. The molecule has 0 saturated carbocycles. The number of nitrogens with zero attached hydrogens (tertiary/aromatic N) is 3. The number of likely N-dealkylation sites (N-methyl/N-ethyl adjacent to an activating group) is 1. The molecule has 0 aliphatic carbocycles. The number of likely N-dealkylation sites (tertiary alicyclic amines) is 1. The molecule has 1 atom stereocenters. The fraction of sp³-hybridized carbons (Fsp3) is 0.500. The third kappa shape index (κ3) is 3.02. The van der Waals surface area contributed by atoms with Gasteiger partial charge in [0.1, 0.15) is 6.04 Å². The number of halogens is 2. The molecule has 1 fully saturated rings. The van der Waals surface area contributed by atoms with Crippen LogP contribution in [0.1, 0.15) is 29.6 Å². The van der Waals surface area contributed by atoms with Gasteiger partial charge in [0.15, 0.2) is 10.3 Å². The lowest BCUT2D eigenvalue weighted by Crippen LogP contribution is -2.51. The summed E-state index contributed by atoms with van der Waals surface area (Å²) in [7, 11) is 1.55. The number of carbonyl (C=O) groups excluding carboxylic acids is 2. The zero-order valence-electron chi connectivity index (χ0n) is 10.9. The van der Waals surface area contributed by atoms with Crippen LogP contribution in [0.4, 0.5) is 0 Å². The number of nitrogens with one attached hydrogen (secondary N) is 1. The Morgan fingerprint density at radius 1 is 1.35 bits per heavy atom. The highest BCUT2D eigenvalue weighted by Gasteiger charge is 2.33. The zero-order chi connectivity index (χ0) is 14.7. The minimum atomic E-state index is -0.482. The van der Waals surface area contributed by atoms with Crippen molar-refractivity contribution in [1.82, 2.24) is 20.4 Å². The zero-order valence-corrected chi connectivity index (χ0v) is 12.4. The molecule has 6 nitrogen and oxygen atoms in total. The van der Waals surface area contributed by atoms with Gasteiger partial charge in [-0.15, -0.1) is 10.2 Å². The number of piperidine rings is 1. The first kappa shape index (κ1) is 15.0. The quantitative estimate of drug-likeness (QED) is 0.897. The van der Waals surface area contributed by atoms with Crippen molar-refractivity contribution in [2.24, 2.45) is 0 Å². The van der Waals surface area contributed by atoms with E-state index >= 15 is 0 Å². The molecule has 0 bridgehead atoms. The third-order valence-electron chi connectivity index (χ3n) is 3.26. The van der Waals surface area contributed by atoms with E-state index in [2.05, 4.69) is 15.5 Å². The summed E-state index contributed by atoms with van der Waals surface area (Å²) < 4.78 is 0. The van der Waals surface area contributed by atoms with Crippen LogP contribution in [0.5, 0.6) is 0 Å². The summed E-state index contributed by atoms with van der Waals surface area (Å²) >= 11 is 11.6. The van der Waals surface area contributed by atoms with Crippen molar-refractivity contribution >= 4 is 35.0 Å². The van der Waals surface area contributed by atoms with Crippen LogP contribution in [-0.2, 0) is 4.79 Å². The Bertz CT molecular complexity index is 538. The summed E-state index contributed by atoms with van der Waals surface area (Å²) in [6.07, 6.45) is 2.39. The average molecular weight is 317 g/mol. The Labute approximate surface area is 126 Å². The Morgan fingerprint density at radius 2 is 2.10 bits per heavy atom. The molecule has 1 aromatic heterocycles. The molecular weight excluding hydrogens is 303 g/mol. The Kier molecular flexibility index (Phi) is 4.77. The van der Waals surface area contributed by atoms with E-state index in [0.29, 0.717) is 13.0 Å². The van der Waals surface area contributed by atoms with Gasteiger partial charge in [-0.2, -0.15) is 0 Å². The number of aromatic nitrogens is 2. The van der Waals surface area contributed by atoms with Gasteiger partial charge in [-0.25, -0.2) is 0 Å². The molecule has 0 aromatic carbocycles. The molecule has 1 aliphatic rings. The fourth-order valence-electron chi connectivity index (χ4n) is 2.27. The molecule has 0 radical (unpaired) electrons. The largest absolute Gasteiger partial charge is 0.357 e. The summed E-state index contributed by atoms with van der Waals surface area (Å²) in [5.41, 5.74) is 0.169. The second-order valence-electron chi connectivity index (χ2n) is 4.50. The van der Waals surface area contributed by atoms with Crippen LogP contribution in [0.25, 0.3) is 0 Å². The SMILES string of the molecule is CNC(=O)C1CCCCN1C(=O)c1cc(Cl)nnc1Cl. The maximum atomic E-state index is 12.5. The van der Waals surface area contributed by atoms with Crippen LogP contribution < -0.4 is 5.32 Å². The lowest BCUT2D eigenvalue weighted by molar-refractivity contribution is -0.126. The number of rotatable bonds is 2. The van der Waals surface area contributed by atoms with Crippen molar-refractivity contribution in [2.75, 3.05) is 13.6 Å². The summed E-state index contributed by atoms with van der Waals surface area (Å²) in [6, 6.07) is 0.888. The monoisotopic (exact) mass is 316 g/mol. The highest BCUT2D eigenvalue weighted by molar-refractivity contribution is 6.34. The van der Waals surface area contributed by atoms with E-state index < -0.39 is 6.04 Å². The molecule has 20 heavy (non-hydrogen) atoms. The Balaban J connectivity index is 2.30. The number of carbonyl (C=O) groups is 2. The maximum absolute atomic E-state index is 12.5. The summed E-state index contributed by atoms with van der Waals surface area (Å²) in [6.45, 7) is 0.507. The van der Waals surface area contributed by atoms with Crippen molar-refractivity contribution < 1.29 is 9.59 Å². The highest BCUT2D eigenvalue weighted by atomic mass is 35.5. The van der Waals surface area contributed by atoms with Gasteiger partial charge in [0.2, 0.25) is 5.91 Å². The summed E-state index contributed by atoms with van der Waals surface area (Å²) in [4.78, 5) is 25.9. The van der Waals surface area contributed by atoms with E-state index in [-0.39, 0.29) is 27.7 Å². The molecule has 2 amide bonds. The van der Waals surface area contributed by atoms with Crippen LogP contribution in [0.2, 0.25) is 10.3 Å². The number of amides is 2. The van der Waals surface area contributed by atoms with Gasteiger partial charge in [-0.05, 0) is 25.3 Å². The molecule has 2 heterocycles. The van der Waals surface area contributed by atoms with Gasteiger partial charge in [-0.3, -0.25) is 9.59 Å². The van der Waals surface area contributed by atoms with Crippen molar-refractivity contribution in [2.45, 2.75) is 25.3 Å².